The number of halogens is 1. The van der Waals surface area contributed by atoms with Gasteiger partial charge in [0.25, 0.3) is 0 Å². The Kier molecular flexibility index (Phi) is 3.81. The second-order valence-corrected chi connectivity index (χ2v) is 4.52. The van der Waals surface area contributed by atoms with Crippen LogP contribution in [0.2, 0.25) is 0 Å². The van der Waals surface area contributed by atoms with E-state index in [0.717, 1.165) is 0 Å². The van der Waals surface area contributed by atoms with E-state index in [0.29, 0.717) is 37.1 Å². The largest absolute Gasteiger partial charge is 0.465 e. The highest BCUT2D eigenvalue weighted by Gasteiger charge is 2.25. The summed E-state index contributed by atoms with van der Waals surface area (Å²) in [5, 5.41) is 17.9. The van der Waals surface area contributed by atoms with E-state index in [2.05, 4.69) is 0 Å². The zero-order valence-electron chi connectivity index (χ0n) is 9.97. The summed E-state index contributed by atoms with van der Waals surface area (Å²) in [5.41, 5.74) is 0.889. The third kappa shape index (κ3) is 2.46. The van der Waals surface area contributed by atoms with Crippen molar-refractivity contribution in [2.24, 2.45) is 0 Å². The molecule has 1 saturated heterocycles. The Morgan fingerprint density at radius 1 is 1.39 bits per heavy atom. The zero-order chi connectivity index (χ0) is 13.1. The normalized spacial score (nSPS) is 16.9. The number of carbonyl (C=O) groups is 1. The van der Waals surface area contributed by atoms with E-state index in [9.17, 15) is 9.18 Å². The highest BCUT2D eigenvalue weighted by molar-refractivity contribution is 5.65. The Labute approximate surface area is 105 Å². The molecule has 0 atom stereocenters. The first-order chi connectivity index (χ1) is 8.63. The first-order valence-corrected chi connectivity index (χ1v) is 5.99. The third-order valence-corrected chi connectivity index (χ3v) is 3.48. The Morgan fingerprint density at radius 2 is 2.06 bits per heavy atom. The van der Waals surface area contributed by atoms with Crippen LogP contribution in [0.4, 0.5) is 9.18 Å². The number of hydrogen-bond donors (Lipinski definition) is 2. The van der Waals surface area contributed by atoms with Crippen LogP contribution in [-0.2, 0) is 6.61 Å². The summed E-state index contributed by atoms with van der Waals surface area (Å²) in [4.78, 5) is 12.1. The second kappa shape index (κ2) is 5.35. The van der Waals surface area contributed by atoms with Crippen molar-refractivity contribution in [2.75, 3.05) is 13.1 Å². The average molecular weight is 253 g/mol. The van der Waals surface area contributed by atoms with Crippen LogP contribution < -0.4 is 0 Å². The smallest absolute Gasteiger partial charge is 0.407 e. The van der Waals surface area contributed by atoms with Crippen molar-refractivity contribution < 1.29 is 19.4 Å². The maximum Gasteiger partial charge on any atom is 0.407 e. The zero-order valence-corrected chi connectivity index (χ0v) is 9.97. The fraction of sp³-hybridized carbons (Fsp3) is 0.462. The lowest BCUT2D eigenvalue weighted by Gasteiger charge is -2.30. The molecular weight excluding hydrogens is 237 g/mol. The molecule has 1 aromatic rings. The summed E-state index contributed by atoms with van der Waals surface area (Å²) in [5.74, 6) is -0.319. The van der Waals surface area contributed by atoms with Crippen LogP contribution in [0.3, 0.4) is 0 Å². The molecule has 1 aliphatic heterocycles. The topological polar surface area (TPSA) is 60.8 Å². The van der Waals surface area contributed by atoms with Crippen LogP contribution >= 0.6 is 0 Å². The summed E-state index contributed by atoms with van der Waals surface area (Å²) in [7, 11) is 0. The van der Waals surface area contributed by atoms with Crippen molar-refractivity contribution in [1.29, 1.82) is 0 Å². The number of piperidine rings is 1. The average Bonchev–Trinajstić information content (AvgIpc) is 2.39. The van der Waals surface area contributed by atoms with Crippen LogP contribution in [0.15, 0.2) is 18.2 Å². The molecule has 5 heteroatoms. The summed E-state index contributed by atoms with van der Waals surface area (Å²) in [6, 6.07) is 5.01. The highest BCUT2D eigenvalue weighted by Crippen LogP contribution is 2.30. The maximum absolute atomic E-state index is 14.0. The Morgan fingerprint density at radius 3 is 2.61 bits per heavy atom. The molecule has 1 aromatic carbocycles. The lowest BCUT2D eigenvalue weighted by molar-refractivity contribution is 0.132. The number of carboxylic acid groups (broad SMARTS) is 1. The molecule has 1 aliphatic rings. The molecule has 0 saturated carbocycles. The van der Waals surface area contributed by atoms with Crippen molar-refractivity contribution in [2.45, 2.75) is 25.4 Å². The van der Waals surface area contributed by atoms with Gasteiger partial charge in [0.1, 0.15) is 5.82 Å². The van der Waals surface area contributed by atoms with E-state index in [4.69, 9.17) is 10.2 Å². The van der Waals surface area contributed by atoms with E-state index >= 15 is 0 Å². The number of rotatable bonds is 2. The molecule has 98 valence electrons. The minimum Gasteiger partial charge on any atom is -0.465 e. The van der Waals surface area contributed by atoms with Gasteiger partial charge in [0.15, 0.2) is 0 Å². The Hall–Kier alpha value is -1.62. The van der Waals surface area contributed by atoms with Gasteiger partial charge in [-0.1, -0.05) is 18.2 Å². The number of benzene rings is 1. The highest BCUT2D eigenvalue weighted by atomic mass is 19.1. The predicted octanol–water partition coefficient (Wildman–Crippen LogP) is 2.18. The molecule has 1 amide bonds. The molecule has 0 aromatic heterocycles. The number of hydrogen-bond acceptors (Lipinski definition) is 2. The van der Waals surface area contributed by atoms with E-state index < -0.39 is 6.09 Å². The van der Waals surface area contributed by atoms with E-state index in [1.165, 1.54) is 4.90 Å². The van der Waals surface area contributed by atoms with Gasteiger partial charge in [-0.15, -0.1) is 0 Å². The van der Waals surface area contributed by atoms with Crippen LogP contribution in [0.1, 0.15) is 29.9 Å². The van der Waals surface area contributed by atoms with Gasteiger partial charge >= 0.3 is 6.09 Å². The van der Waals surface area contributed by atoms with Gasteiger partial charge in [-0.05, 0) is 24.3 Å². The SMILES string of the molecule is O=C(O)N1CCC(c2cccc(CO)c2F)CC1. The minimum absolute atomic E-state index is 0.0344. The van der Waals surface area contributed by atoms with E-state index in [1.54, 1.807) is 18.2 Å². The van der Waals surface area contributed by atoms with Crippen molar-refractivity contribution >= 4 is 6.09 Å². The van der Waals surface area contributed by atoms with Gasteiger partial charge in [0.2, 0.25) is 0 Å². The summed E-state index contributed by atoms with van der Waals surface area (Å²) in [6.45, 7) is 0.555. The van der Waals surface area contributed by atoms with E-state index in [-0.39, 0.29) is 18.3 Å². The summed E-state index contributed by atoms with van der Waals surface area (Å²) >= 11 is 0. The number of likely N-dealkylation sites (tertiary alicyclic amines) is 1. The number of amides is 1. The maximum atomic E-state index is 14.0. The van der Waals surface area contributed by atoms with Crippen molar-refractivity contribution in [3.8, 4) is 0 Å². The van der Waals surface area contributed by atoms with Gasteiger partial charge in [0.05, 0.1) is 6.61 Å². The quantitative estimate of drug-likeness (QED) is 0.849. The van der Waals surface area contributed by atoms with Crippen molar-refractivity contribution in [3.63, 3.8) is 0 Å². The van der Waals surface area contributed by atoms with Crippen LogP contribution in [0.5, 0.6) is 0 Å². The van der Waals surface area contributed by atoms with E-state index in [1.807, 2.05) is 0 Å². The fourth-order valence-electron chi connectivity index (χ4n) is 2.42. The molecule has 0 spiro atoms. The van der Waals surface area contributed by atoms with Gasteiger partial charge in [0, 0.05) is 18.7 Å². The standard InChI is InChI=1S/C13H16FNO3/c14-12-10(8-16)2-1-3-11(12)9-4-6-15(7-5-9)13(17)18/h1-3,9,16H,4-8H2,(H,17,18). The molecule has 0 radical (unpaired) electrons. The Bertz CT molecular complexity index is 442. The molecule has 1 heterocycles. The number of aliphatic hydroxyl groups is 1. The molecule has 1 fully saturated rings. The molecule has 0 unspecified atom stereocenters. The third-order valence-electron chi connectivity index (χ3n) is 3.48. The van der Waals surface area contributed by atoms with Gasteiger partial charge < -0.3 is 15.1 Å². The lowest BCUT2D eigenvalue weighted by Crippen LogP contribution is -2.37. The minimum atomic E-state index is -0.918. The first-order valence-electron chi connectivity index (χ1n) is 5.99. The molecule has 0 aliphatic carbocycles. The van der Waals surface area contributed by atoms with Crippen molar-refractivity contribution in [1.82, 2.24) is 4.90 Å². The predicted molar refractivity (Wildman–Crippen MR) is 63.9 cm³/mol. The van der Waals surface area contributed by atoms with Gasteiger partial charge in [-0.25, -0.2) is 9.18 Å². The monoisotopic (exact) mass is 253 g/mol. The number of nitrogens with zero attached hydrogens (tertiary/aromatic N) is 1. The van der Waals surface area contributed by atoms with Gasteiger partial charge in [-0.2, -0.15) is 0 Å². The van der Waals surface area contributed by atoms with Gasteiger partial charge in [-0.3, -0.25) is 0 Å². The van der Waals surface area contributed by atoms with Crippen LogP contribution in [-0.4, -0.2) is 34.3 Å². The molecule has 4 nitrogen and oxygen atoms in total. The molecule has 0 bridgehead atoms. The molecule has 2 rings (SSSR count). The lowest BCUT2D eigenvalue weighted by atomic mass is 9.88. The van der Waals surface area contributed by atoms with Crippen molar-refractivity contribution in [3.05, 3.63) is 35.1 Å². The summed E-state index contributed by atoms with van der Waals surface area (Å²) in [6.07, 6.45) is 0.328. The molecular formula is C13H16FNO3. The Balaban J connectivity index is 2.12. The van der Waals surface area contributed by atoms with Crippen LogP contribution in [0, 0.1) is 5.82 Å². The second-order valence-electron chi connectivity index (χ2n) is 4.52. The van der Waals surface area contributed by atoms with Crippen LogP contribution in [0.25, 0.3) is 0 Å². The number of aliphatic hydroxyl groups excluding tert-OH is 1. The fourth-order valence-corrected chi connectivity index (χ4v) is 2.42. The molecule has 18 heavy (non-hydrogen) atoms. The molecule has 2 N–H and O–H groups in total. The summed E-state index contributed by atoms with van der Waals surface area (Å²) < 4.78 is 14.0. The first kappa shape index (κ1) is 12.8.